The van der Waals surface area contributed by atoms with Crippen molar-refractivity contribution in [3.63, 3.8) is 0 Å². The van der Waals surface area contributed by atoms with Gasteiger partial charge in [0.1, 0.15) is 11.9 Å². The molecule has 4 heteroatoms. The molecule has 3 aliphatic rings. The third kappa shape index (κ3) is 2.35. The second-order valence-electron chi connectivity index (χ2n) is 7.17. The van der Waals surface area contributed by atoms with Crippen molar-refractivity contribution < 1.29 is 19.1 Å². The van der Waals surface area contributed by atoms with E-state index >= 15 is 0 Å². The first-order valence-electron chi connectivity index (χ1n) is 8.33. The zero-order valence-electron chi connectivity index (χ0n) is 14.4. The standard InChI is InChI=1S/C19H24O4/c1-6-16(20)23-17-10(2)7-13-8-15-14(11(3)18(21)22-15)9-19(13,5)12(17)4/h7-8,10,12,17H,6,9H2,1-5H3/t10-,12+,17+,19-/m1/s1. The number of esters is 2. The maximum atomic E-state index is 11.8. The molecule has 0 aromatic heterocycles. The Morgan fingerprint density at radius 1 is 1.43 bits per heavy atom. The summed E-state index contributed by atoms with van der Waals surface area (Å²) in [5.74, 6) is 0.602. The van der Waals surface area contributed by atoms with Crippen molar-refractivity contribution in [3.8, 4) is 0 Å². The molecule has 2 aliphatic carbocycles. The van der Waals surface area contributed by atoms with E-state index in [0.29, 0.717) is 17.8 Å². The highest BCUT2D eigenvalue weighted by Crippen LogP contribution is 2.54. The molecule has 0 fully saturated rings. The first-order valence-corrected chi connectivity index (χ1v) is 8.33. The molecule has 1 heterocycles. The van der Waals surface area contributed by atoms with E-state index in [-0.39, 0.29) is 35.3 Å². The van der Waals surface area contributed by atoms with Crippen LogP contribution >= 0.6 is 0 Å². The van der Waals surface area contributed by atoms with Crippen molar-refractivity contribution in [1.29, 1.82) is 0 Å². The fraction of sp³-hybridized carbons (Fsp3) is 0.579. The lowest BCUT2D eigenvalue weighted by molar-refractivity contribution is -0.156. The number of ether oxygens (including phenoxy) is 2. The molecule has 0 amide bonds. The lowest BCUT2D eigenvalue weighted by atomic mass is 9.58. The monoisotopic (exact) mass is 316 g/mol. The van der Waals surface area contributed by atoms with Gasteiger partial charge in [-0.15, -0.1) is 0 Å². The molecular weight excluding hydrogens is 292 g/mol. The minimum atomic E-state index is -0.247. The molecule has 0 saturated carbocycles. The summed E-state index contributed by atoms with van der Waals surface area (Å²) >= 11 is 0. The third-order valence-corrected chi connectivity index (χ3v) is 5.76. The number of rotatable bonds is 2. The minimum Gasteiger partial charge on any atom is -0.461 e. The van der Waals surface area contributed by atoms with Gasteiger partial charge in [-0.05, 0) is 25.0 Å². The third-order valence-electron chi connectivity index (χ3n) is 5.76. The van der Waals surface area contributed by atoms with Gasteiger partial charge in [-0.2, -0.15) is 0 Å². The molecule has 0 aromatic carbocycles. The van der Waals surface area contributed by atoms with Crippen LogP contribution in [-0.2, 0) is 19.1 Å². The van der Waals surface area contributed by atoms with Gasteiger partial charge in [0.2, 0.25) is 0 Å². The van der Waals surface area contributed by atoms with Crippen LogP contribution in [0.2, 0.25) is 0 Å². The molecule has 0 aromatic rings. The topological polar surface area (TPSA) is 52.6 Å². The van der Waals surface area contributed by atoms with E-state index in [2.05, 4.69) is 26.8 Å². The molecule has 3 rings (SSSR count). The molecule has 4 atom stereocenters. The van der Waals surface area contributed by atoms with Gasteiger partial charge in [-0.25, -0.2) is 4.79 Å². The zero-order valence-corrected chi connectivity index (χ0v) is 14.4. The van der Waals surface area contributed by atoms with Gasteiger partial charge < -0.3 is 9.47 Å². The number of fused-ring (bicyclic) bond motifs is 2. The van der Waals surface area contributed by atoms with Gasteiger partial charge in [0.25, 0.3) is 0 Å². The second-order valence-corrected chi connectivity index (χ2v) is 7.17. The van der Waals surface area contributed by atoms with Gasteiger partial charge in [-0.1, -0.05) is 33.8 Å². The maximum Gasteiger partial charge on any atom is 0.339 e. The largest absolute Gasteiger partial charge is 0.461 e. The van der Waals surface area contributed by atoms with Crippen molar-refractivity contribution in [2.24, 2.45) is 17.3 Å². The molecule has 23 heavy (non-hydrogen) atoms. The highest BCUT2D eigenvalue weighted by Gasteiger charge is 2.49. The van der Waals surface area contributed by atoms with Gasteiger partial charge >= 0.3 is 11.9 Å². The normalized spacial score (nSPS) is 35.9. The van der Waals surface area contributed by atoms with E-state index in [9.17, 15) is 9.59 Å². The molecule has 0 unspecified atom stereocenters. The molecule has 124 valence electrons. The highest BCUT2D eigenvalue weighted by molar-refractivity contribution is 5.94. The first kappa shape index (κ1) is 16.0. The Bertz CT molecular complexity index is 667. The van der Waals surface area contributed by atoms with Crippen LogP contribution in [-0.4, -0.2) is 18.0 Å². The first-order chi connectivity index (χ1) is 10.8. The summed E-state index contributed by atoms with van der Waals surface area (Å²) in [6.45, 7) is 10.0. The van der Waals surface area contributed by atoms with Gasteiger partial charge in [-0.3, -0.25) is 4.79 Å². The Kier molecular flexibility index (Phi) is 3.74. The van der Waals surface area contributed by atoms with E-state index in [0.717, 1.165) is 12.0 Å². The number of allylic oxidation sites excluding steroid dienone is 3. The van der Waals surface area contributed by atoms with E-state index in [4.69, 9.17) is 9.47 Å². The van der Waals surface area contributed by atoms with Crippen molar-refractivity contribution in [3.05, 3.63) is 34.6 Å². The lowest BCUT2D eigenvalue weighted by Gasteiger charge is -2.48. The van der Waals surface area contributed by atoms with Gasteiger partial charge in [0, 0.05) is 34.8 Å². The van der Waals surface area contributed by atoms with Crippen molar-refractivity contribution in [2.45, 2.75) is 53.6 Å². The number of hydrogen-bond donors (Lipinski definition) is 0. The van der Waals surface area contributed by atoms with Crippen LogP contribution in [0.5, 0.6) is 0 Å². The number of hydrogen-bond acceptors (Lipinski definition) is 4. The summed E-state index contributed by atoms with van der Waals surface area (Å²) in [7, 11) is 0. The molecule has 1 aliphatic heterocycles. The smallest absolute Gasteiger partial charge is 0.339 e. The quantitative estimate of drug-likeness (QED) is 0.729. The van der Waals surface area contributed by atoms with Crippen LogP contribution < -0.4 is 0 Å². The summed E-state index contributed by atoms with van der Waals surface area (Å²) in [5, 5.41) is 0. The van der Waals surface area contributed by atoms with E-state index in [1.165, 1.54) is 5.57 Å². The lowest BCUT2D eigenvalue weighted by Crippen LogP contribution is -2.45. The van der Waals surface area contributed by atoms with Crippen molar-refractivity contribution >= 4 is 11.9 Å². The summed E-state index contributed by atoms with van der Waals surface area (Å²) in [4.78, 5) is 23.6. The number of carbonyl (C=O) groups excluding carboxylic acids is 2. The average Bonchev–Trinajstić information content (AvgIpc) is 2.77. The fourth-order valence-corrected chi connectivity index (χ4v) is 3.96. The SMILES string of the molecule is CCC(=O)O[C@H]1[C@H](C)C=C2C=C3OC(=O)C(C)=C3C[C@]2(C)[C@H]1C. The highest BCUT2D eigenvalue weighted by atomic mass is 16.5. The maximum absolute atomic E-state index is 11.8. The molecular formula is C19H24O4. The molecule has 0 spiro atoms. The van der Waals surface area contributed by atoms with Crippen LogP contribution in [0.25, 0.3) is 0 Å². The van der Waals surface area contributed by atoms with Crippen LogP contribution in [0.15, 0.2) is 34.6 Å². The van der Waals surface area contributed by atoms with Crippen LogP contribution in [0, 0.1) is 17.3 Å². The Balaban J connectivity index is 2.01. The van der Waals surface area contributed by atoms with E-state index in [1.54, 1.807) is 0 Å². The molecule has 0 saturated heterocycles. The van der Waals surface area contributed by atoms with Crippen LogP contribution in [0.3, 0.4) is 0 Å². The van der Waals surface area contributed by atoms with Gasteiger partial charge in [0.15, 0.2) is 0 Å². The average molecular weight is 316 g/mol. The predicted molar refractivity (Wildman–Crippen MR) is 86.2 cm³/mol. The zero-order chi connectivity index (χ0) is 16.9. The Hall–Kier alpha value is -1.84. The molecule has 0 N–H and O–H groups in total. The predicted octanol–water partition coefficient (Wildman–Crippen LogP) is 3.69. The van der Waals surface area contributed by atoms with E-state index in [1.807, 2.05) is 19.9 Å². The Morgan fingerprint density at radius 3 is 2.78 bits per heavy atom. The molecule has 0 bridgehead atoms. The minimum absolute atomic E-state index is 0.134. The second kappa shape index (κ2) is 5.36. The summed E-state index contributed by atoms with van der Waals surface area (Å²) in [5.41, 5.74) is 2.72. The molecule has 0 radical (unpaired) electrons. The summed E-state index contributed by atoms with van der Waals surface area (Å²) < 4.78 is 11.1. The fourth-order valence-electron chi connectivity index (χ4n) is 3.96. The molecule has 4 nitrogen and oxygen atoms in total. The van der Waals surface area contributed by atoms with Crippen molar-refractivity contribution in [2.75, 3.05) is 0 Å². The number of carbonyl (C=O) groups is 2. The summed E-state index contributed by atoms with van der Waals surface area (Å²) in [6, 6.07) is 0. The Labute approximate surface area is 137 Å². The summed E-state index contributed by atoms with van der Waals surface area (Å²) in [6.07, 6.45) is 5.16. The van der Waals surface area contributed by atoms with E-state index < -0.39 is 0 Å². The van der Waals surface area contributed by atoms with Crippen molar-refractivity contribution in [1.82, 2.24) is 0 Å². The van der Waals surface area contributed by atoms with Crippen LogP contribution in [0.1, 0.15) is 47.5 Å². The van der Waals surface area contributed by atoms with Crippen LogP contribution in [0.4, 0.5) is 0 Å². The van der Waals surface area contributed by atoms with Gasteiger partial charge in [0.05, 0.1) is 0 Å². The Morgan fingerprint density at radius 2 is 2.13 bits per heavy atom.